The fourth-order valence-electron chi connectivity index (χ4n) is 6.10. The maximum atomic E-state index is 6.02. The third-order valence-corrected chi connectivity index (χ3v) is 6.79. The smallest absolute Gasteiger partial charge is 0.188 e. The molecule has 0 atom stereocenters. The molecule has 4 bridgehead atoms. The molecule has 0 aromatic heterocycles. The number of hydrogen-bond acceptors (Lipinski definition) is 2. The van der Waals surface area contributed by atoms with Gasteiger partial charge in [-0.15, -0.1) is 0 Å². The van der Waals surface area contributed by atoms with Gasteiger partial charge in [-0.2, -0.15) is 0 Å². The molecule has 0 radical (unpaired) electrons. The molecule has 132 valence electrons. The molecule has 1 aromatic carbocycles. The molecule has 0 N–H and O–H groups in total. The van der Waals surface area contributed by atoms with Gasteiger partial charge in [0, 0.05) is 12.7 Å². The van der Waals surface area contributed by atoms with E-state index in [4.69, 9.17) is 9.47 Å². The lowest BCUT2D eigenvalue weighted by Gasteiger charge is -2.57. The van der Waals surface area contributed by atoms with Crippen molar-refractivity contribution in [3.63, 3.8) is 0 Å². The van der Waals surface area contributed by atoms with Crippen LogP contribution in [0.15, 0.2) is 18.2 Å². The molecular formula is C22H32O2. The fourth-order valence-corrected chi connectivity index (χ4v) is 6.10. The lowest BCUT2D eigenvalue weighted by molar-refractivity contribution is -0.00889. The topological polar surface area (TPSA) is 18.5 Å². The van der Waals surface area contributed by atoms with Crippen LogP contribution in [-0.2, 0) is 15.6 Å². The van der Waals surface area contributed by atoms with Crippen LogP contribution in [0.2, 0.25) is 0 Å². The SMILES string of the molecule is COCOc1ccc(C(C)(C)C)cc1C12CC3CC(CC(C3)C1)C2. The minimum atomic E-state index is 0.177. The second-order valence-corrected chi connectivity index (χ2v) is 9.71. The van der Waals surface area contributed by atoms with Crippen molar-refractivity contribution in [1.82, 2.24) is 0 Å². The summed E-state index contributed by atoms with van der Waals surface area (Å²) in [6.07, 6.45) is 8.55. The van der Waals surface area contributed by atoms with Gasteiger partial charge in [0.15, 0.2) is 6.79 Å². The minimum absolute atomic E-state index is 0.177. The van der Waals surface area contributed by atoms with Crippen molar-refractivity contribution < 1.29 is 9.47 Å². The molecule has 0 spiro atoms. The van der Waals surface area contributed by atoms with Gasteiger partial charge in [-0.3, -0.25) is 0 Å². The number of ether oxygens (including phenoxy) is 2. The third-order valence-electron chi connectivity index (χ3n) is 6.79. The van der Waals surface area contributed by atoms with Gasteiger partial charge >= 0.3 is 0 Å². The second-order valence-electron chi connectivity index (χ2n) is 9.71. The zero-order valence-corrected chi connectivity index (χ0v) is 15.7. The Bertz CT molecular complexity index is 576. The van der Waals surface area contributed by atoms with Crippen molar-refractivity contribution in [2.45, 2.75) is 70.1 Å². The maximum Gasteiger partial charge on any atom is 0.188 e. The van der Waals surface area contributed by atoms with Gasteiger partial charge in [-0.25, -0.2) is 0 Å². The molecule has 0 unspecified atom stereocenters. The highest BCUT2D eigenvalue weighted by atomic mass is 16.7. The van der Waals surface area contributed by atoms with E-state index in [2.05, 4.69) is 39.0 Å². The Kier molecular flexibility index (Phi) is 3.95. The van der Waals surface area contributed by atoms with E-state index in [9.17, 15) is 0 Å². The molecule has 1 aromatic rings. The van der Waals surface area contributed by atoms with Gasteiger partial charge in [-0.1, -0.05) is 32.9 Å². The van der Waals surface area contributed by atoms with Crippen molar-refractivity contribution in [2.24, 2.45) is 17.8 Å². The van der Waals surface area contributed by atoms with Gasteiger partial charge in [0.2, 0.25) is 0 Å². The quantitative estimate of drug-likeness (QED) is 0.686. The van der Waals surface area contributed by atoms with Crippen LogP contribution in [0.3, 0.4) is 0 Å². The Morgan fingerprint density at radius 1 is 1.00 bits per heavy atom. The fraction of sp³-hybridized carbons (Fsp3) is 0.727. The molecule has 2 nitrogen and oxygen atoms in total. The lowest BCUT2D eigenvalue weighted by atomic mass is 9.48. The largest absolute Gasteiger partial charge is 0.467 e. The van der Waals surface area contributed by atoms with Crippen LogP contribution >= 0.6 is 0 Å². The molecule has 0 heterocycles. The first-order chi connectivity index (χ1) is 11.4. The zero-order chi connectivity index (χ0) is 16.9. The molecule has 0 amide bonds. The van der Waals surface area contributed by atoms with E-state index in [-0.39, 0.29) is 5.41 Å². The second kappa shape index (κ2) is 5.76. The van der Waals surface area contributed by atoms with Crippen molar-refractivity contribution >= 4 is 0 Å². The van der Waals surface area contributed by atoms with Crippen LogP contribution in [0, 0.1) is 17.8 Å². The first kappa shape index (κ1) is 16.4. The molecule has 0 saturated heterocycles. The van der Waals surface area contributed by atoms with Crippen LogP contribution in [0.4, 0.5) is 0 Å². The number of benzene rings is 1. The molecule has 4 fully saturated rings. The van der Waals surface area contributed by atoms with E-state index >= 15 is 0 Å². The number of hydrogen-bond donors (Lipinski definition) is 0. The average molecular weight is 328 g/mol. The number of rotatable bonds is 4. The van der Waals surface area contributed by atoms with Gasteiger partial charge in [0.05, 0.1) is 0 Å². The van der Waals surface area contributed by atoms with Gasteiger partial charge in [0.1, 0.15) is 5.75 Å². The van der Waals surface area contributed by atoms with E-state index in [0.29, 0.717) is 12.2 Å². The van der Waals surface area contributed by atoms with E-state index in [0.717, 1.165) is 23.5 Å². The van der Waals surface area contributed by atoms with Crippen molar-refractivity contribution in [3.05, 3.63) is 29.3 Å². The highest BCUT2D eigenvalue weighted by Crippen LogP contribution is 2.62. The Morgan fingerprint density at radius 2 is 1.58 bits per heavy atom. The highest BCUT2D eigenvalue weighted by molar-refractivity contribution is 5.46. The van der Waals surface area contributed by atoms with Crippen molar-refractivity contribution in [1.29, 1.82) is 0 Å². The summed E-state index contributed by atoms with van der Waals surface area (Å²) in [7, 11) is 1.70. The van der Waals surface area contributed by atoms with Crippen LogP contribution in [0.25, 0.3) is 0 Å². The summed E-state index contributed by atoms with van der Waals surface area (Å²) < 4.78 is 11.2. The molecule has 4 aliphatic rings. The van der Waals surface area contributed by atoms with Gasteiger partial charge in [-0.05, 0) is 78.7 Å². The number of methoxy groups -OCH3 is 1. The normalized spacial score (nSPS) is 34.6. The predicted molar refractivity (Wildman–Crippen MR) is 97.5 cm³/mol. The summed E-state index contributed by atoms with van der Waals surface area (Å²) in [5.74, 6) is 3.91. The van der Waals surface area contributed by atoms with Gasteiger partial charge < -0.3 is 9.47 Å². The van der Waals surface area contributed by atoms with Crippen LogP contribution in [0.1, 0.15) is 70.4 Å². The Balaban J connectivity index is 1.77. The first-order valence-electron chi connectivity index (χ1n) is 9.66. The molecule has 4 saturated carbocycles. The lowest BCUT2D eigenvalue weighted by Crippen LogP contribution is -2.48. The average Bonchev–Trinajstić information content (AvgIpc) is 2.50. The van der Waals surface area contributed by atoms with Crippen molar-refractivity contribution in [3.8, 4) is 5.75 Å². The zero-order valence-electron chi connectivity index (χ0n) is 15.7. The molecule has 0 aliphatic heterocycles. The summed E-state index contributed by atoms with van der Waals surface area (Å²) >= 11 is 0. The summed E-state index contributed by atoms with van der Waals surface area (Å²) in [4.78, 5) is 0. The molecule has 2 heteroatoms. The minimum Gasteiger partial charge on any atom is -0.467 e. The molecule has 4 aliphatic carbocycles. The third kappa shape index (κ3) is 2.77. The Hall–Kier alpha value is -1.02. The summed E-state index contributed by atoms with van der Waals surface area (Å²) in [6, 6.07) is 6.92. The van der Waals surface area contributed by atoms with Gasteiger partial charge in [0.25, 0.3) is 0 Å². The van der Waals surface area contributed by atoms with Crippen LogP contribution in [0.5, 0.6) is 5.75 Å². The molecule has 24 heavy (non-hydrogen) atoms. The summed E-state index contributed by atoms with van der Waals surface area (Å²) in [5.41, 5.74) is 3.44. The van der Waals surface area contributed by atoms with Crippen LogP contribution in [-0.4, -0.2) is 13.9 Å². The summed E-state index contributed by atoms with van der Waals surface area (Å²) in [5, 5.41) is 0. The van der Waals surface area contributed by atoms with E-state index < -0.39 is 0 Å². The Labute approximate surface area is 146 Å². The maximum absolute atomic E-state index is 6.02. The van der Waals surface area contributed by atoms with E-state index in [1.54, 1.807) is 7.11 Å². The summed E-state index contributed by atoms with van der Waals surface area (Å²) in [6.45, 7) is 7.26. The highest BCUT2D eigenvalue weighted by Gasteiger charge is 2.52. The molecular weight excluding hydrogens is 296 g/mol. The van der Waals surface area contributed by atoms with E-state index in [1.807, 2.05) is 0 Å². The molecule has 5 rings (SSSR count). The van der Waals surface area contributed by atoms with E-state index in [1.165, 1.54) is 49.7 Å². The van der Waals surface area contributed by atoms with Crippen molar-refractivity contribution in [2.75, 3.05) is 13.9 Å². The van der Waals surface area contributed by atoms with Crippen LogP contribution < -0.4 is 4.74 Å². The first-order valence-corrected chi connectivity index (χ1v) is 9.66. The standard InChI is InChI=1S/C22H32O2/c1-21(2,3)18-5-6-20(24-14-23-4)19(10-18)22-11-15-7-16(12-22)9-17(8-15)13-22/h5-6,10,15-17H,7-9,11-14H2,1-4H3. The Morgan fingerprint density at radius 3 is 2.08 bits per heavy atom. The predicted octanol–water partition coefficient (Wildman–Crippen LogP) is 5.43. The monoisotopic (exact) mass is 328 g/mol.